The Morgan fingerprint density at radius 1 is 0.164 bits per heavy atom. The zero-order chi connectivity index (χ0) is 98.2. The first-order valence-electron chi connectivity index (χ1n) is 51.9. The molecule has 0 saturated heterocycles. The van der Waals surface area contributed by atoms with Crippen LogP contribution < -0.4 is 20.7 Å². The average molecular weight is 1900 g/mol. The van der Waals surface area contributed by atoms with Gasteiger partial charge in [-0.1, -0.05) is 397 Å². The lowest BCUT2D eigenvalue weighted by Gasteiger charge is -2.28. The second-order valence-corrected chi connectivity index (χ2v) is 53.8. The van der Waals surface area contributed by atoms with Gasteiger partial charge >= 0.3 is 0 Å². The van der Waals surface area contributed by atoms with Gasteiger partial charge < -0.3 is 8.83 Å². The average Bonchev–Trinajstić information content (AvgIpc) is 1.50. The van der Waals surface area contributed by atoms with Crippen molar-refractivity contribution >= 4 is 80.8 Å². The maximum Gasteiger partial charge on any atom is 0.143 e. The molecule has 0 saturated carbocycles. The van der Waals surface area contributed by atoms with Crippen molar-refractivity contribution in [2.75, 3.05) is 0 Å². The number of furan rings is 2. The molecule has 4 heteroatoms. The highest BCUT2D eigenvalue weighted by atomic mass is 28.3. The summed E-state index contributed by atoms with van der Waals surface area (Å²) in [5.74, 6) is 0. The van der Waals surface area contributed by atoms with E-state index in [-0.39, 0.29) is 21.7 Å². The van der Waals surface area contributed by atoms with Crippen LogP contribution in [0.3, 0.4) is 0 Å². The van der Waals surface area contributed by atoms with Gasteiger partial charge in [0.15, 0.2) is 0 Å². The number of hydrogen-bond acceptors (Lipinski definition) is 2. The van der Waals surface area contributed by atoms with Crippen molar-refractivity contribution in [2.24, 2.45) is 0 Å². The summed E-state index contributed by atoms with van der Waals surface area (Å²) in [4.78, 5) is 0. The Hall–Kier alpha value is -16.3. The summed E-state index contributed by atoms with van der Waals surface area (Å²) in [7, 11) is -5.21. The standard InChI is InChI=1S/C142H106O2Si2/c1-139(2)119-73-91(47-55-105(119)109-59-51-95(77-123(109)139)103-69-99(85-35-21-15-22-36-85)67-101(71-103)89-41-29-39-87(65-89)83-31-17-13-18-32-83)93-49-57-107-111-61-53-97(79-125(111)141(5,6)121(107)75-93)117-81-129-133(135-131(117)113-43-25-27-45-127(113)143-135)115-63-64-116-134-130(146(11,12)138(116)137(115)145(129,9)10)82-118(132-114-44-26-28-46-128(114)144-136(132)134)98-54-62-112-108-58-50-94(76-122(108)142(7,8)126(112)80-98)92-48-56-106-110-60-52-96(78-124(110)140(3,4)120(106)74-92)104-70-100(86-37-23-16-24-38-86)68-102(72-104)90-42-30-40-88(66-90)84-33-19-14-20-34-84/h13-82H,1-12H3. The van der Waals surface area contributed by atoms with E-state index in [4.69, 9.17) is 8.83 Å². The predicted octanol–water partition coefficient (Wildman–Crippen LogP) is 36.3. The zero-order valence-corrected chi connectivity index (χ0v) is 86.2. The third-order valence-electron chi connectivity index (χ3n) is 35.0. The summed E-state index contributed by atoms with van der Waals surface area (Å²) in [6, 6.07) is 162. The molecule has 0 unspecified atom stereocenters. The van der Waals surface area contributed by atoms with Gasteiger partial charge in [0.1, 0.15) is 38.5 Å². The van der Waals surface area contributed by atoms with Crippen LogP contribution >= 0.6 is 0 Å². The van der Waals surface area contributed by atoms with Crippen molar-refractivity contribution in [3.8, 4) is 200 Å². The molecule has 694 valence electrons. The fourth-order valence-corrected chi connectivity index (χ4v) is 35.7. The molecule has 21 aromatic carbocycles. The van der Waals surface area contributed by atoms with Crippen molar-refractivity contribution in [3.05, 3.63) is 469 Å². The van der Waals surface area contributed by atoms with Crippen molar-refractivity contribution in [1.82, 2.24) is 0 Å². The topological polar surface area (TPSA) is 26.3 Å². The van der Waals surface area contributed by atoms with E-state index in [1.165, 1.54) is 266 Å². The molecule has 0 N–H and O–H groups in total. The van der Waals surface area contributed by atoms with Gasteiger partial charge in [0.05, 0.1) is 0 Å². The summed E-state index contributed by atoms with van der Waals surface area (Å²) in [6.07, 6.45) is 0. The van der Waals surface area contributed by atoms with Crippen LogP contribution in [0.5, 0.6) is 0 Å². The highest BCUT2D eigenvalue weighted by Crippen LogP contribution is 2.60. The highest BCUT2D eigenvalue weighted by Gasteiger charge is 2.51. The van der Waals surface area contributed by atoms with Crippen LogP contribution in [-0.4, -0.2) is 16.1 Å². The molecule has 0 atom stereocenters. The van der Waals surface area contributed by atoms with Crippen molar-refractivity contribution in [1.29, 1.82) is 0 Å². The normalized spacial score (nSPS) is 15.0. The molecule has 2 aromatic heterocycles. The fourth-order valence-electron chi connectivity index (χ4n) is 27.3. The van der Waals surface area contributed by atoms with Crippen molar-refractivity contribution in [2.45, 2.75) is 103 Å². The second-order valence-electron chi connectivity index (χ2n) is 45.3. The Kier molecular flexibility index (Phi) is 18.4. The Morgan fingerprint density at radius 2 is 0.363 bits per heavy atom. The second kappa shape index (κ2) is 31.1. The summed E-state index contributed by atoms with van der Waals surface area (Å²) in [5, 5.41) is 10.7. The minimum Gasteiger partial charge on any atom is -0.455 e. The highest BCUT2D eigenvalue weighted by molar-refractivity contribution is 7.13. The Labute approximate surface area is 855 Å². The Morgan fingerprint density at radius 3 is 0.644 bits per heavy atom. The molecule has 23 aromatic rings. The van der Waals surface area contributed by atoms with E-state index >= 15 is 0 Å². The lowest BCUT2D eigenvalue weighted by molar-refractivity contribution is 0.660. The Balaban J connectivity index is 0.471. The van der Waals surface area contributed by atoms with Gasteiger partial charge in [-0.25, -0.2) is 0 Å². The van der Waals surface area contributed by atoms with Gasteiger partial charge in [0.25, 0.3) is 0 Å². The number of benzene rings is 21. The molecule has 4 heterocycles. The third-order valence-corrected chi connectivity index (χ3v) is 42.3. The molecular formula is C142H106O2Si2. The SMILES string of the molecule is CC1(C)c2cc(-c3cc(-c4ccccc4)cc(-c4cccc(-c5ccccc5)c4)c3)ccc2-c2ccc(-c3ccc4c(c3)C(C)(C)c3cc(-c5cc6c(c7oc8ccccc8c57)-c5ccc7c(c5[Si]6(C)C)[Si](C)(C)c5cc(-c6ccc8c(c6)C(C)(C)c6cc(-c9ccc%10c(c9)C(C)(C)c9cc(-c%11cc(-c%12ccccc%12)cc(-c%12cccc(-c%13ccccc%13)c%12)c%11)ccc9-%10)ccc6-8)c6c(oc8ccccc86)c5-7)ccc3-4)cc21. The van der Waals surface area contributed by atoms with Gasteiger partial charge in [0.2, 0.25) is 0 Å². The lowest BCUT2D eigenvalue weighted by atomic mass is 9.79. The van der Waals surface area contributed by atoms with Crippen LogP contribution in [0.2, 0.25) is 26.2 Å². The molecule has 4 aliphatic carbocycles. The smallest absolute Gasteiger partial charge is 0.143 e. The first-order chi connectivity index (χ1) is 70.8. The Bertz CT molecular complexity index is 9090. The molecular weight excluding hydrogens is 1790 g/mol. The minimum atomic E-state index is -2.61. The molecule has 2 nitrogen and oxygen atoms in total. The first-order valence-corrected chi connectivity index (χ1v) is 57.9. The van der Waals surface area contributed by atoms with E-state index < -0.39 is 16.1 Å². The number of para-hydroxylation sites is 2. The quantitative estimate of drug-likeness (QED) is 0.114. The molecule has 6 aliphatic rings. The van der Waals surface area contributed by atoms with E-state index in [0.29, 0.717) is 0 Å². The maximum atomic E-state index is 7.46. The minimum absolute atomic E-state index is 0.252. The summed E-state index contributed by atoms with van der Waals surface area (Å²) in [6.45, 7) is 30.1. The van der Waals surface area contributed by atoms with Gasteiger partial charge in [-0.2, -0.15) is 0 Å². The number of hydrogen-bond donors (Lipinski definition) is 0. The summed E-state index contributed by atoms with van der Waals surface area (Å²) >= 11 is 0. The van der Waals surface area contributed by atoms with Crippen LogP contribution in [0.4, 0.5) is 0 Å². The van der Waals surface area contributed by atoms with E-state index in [2.05, 4.69) is 506 Å². The van der Waals surface area contributed by atoms with E-state index in [1.807, 2.05) is 0 Å². The number of rotatable bonds is 12. The van der Waals surface area contributed by atoms with Crippen LogP contribution in [0.25, 0.3) is 244 Å². The molecule has 29 rings (SSSR count). The molecule has 146 heavy (non-hydrogen) atoms. The number of fused-ring (bicyclic) bond motifs is 27. The van der Waals surface area contributed by atoms with Crippen LogP contribution in [0, 0.1) is 0 Å². The van der Waals surface area contributed by atoms with Crippen molar-refractivity contribution in [3.63, 3.8) is 0 Å². The largest absolute Gasteiger partial charge is 0.455 e. The molecule has 2 aliphatic heterocycles. The first kappa shape index (κ1) is 86.3. The van der Waals surface area contributed by atoms with Crippen LogP contribution in [0.1, 0.15) is 99.9 Å². The van der Waals surface area contributed by atoms with E-state index in [9.17, 15) is 0 Å². The molecule has 0 spiro atoms. The molecule has 0 fully saturated rings. The van der Waals surface area contributed by atoms with Gasteiger partial charge in [-0.15, -0.1) is 0 Å². The van der Waals surface area contributed by atoms with Crippen LogP contribution in [0.15, 0.2) is 433 Å². The molecule has 0 amide bonds. The van der Waals surface area contributed by atoms with Gasteiger partial charge in [0, 0.05) is 54.3 Å². The monoisotopic (exact) mass is 1900 g/mol. The van der Waals surface area contributed by atoms with E-state index in [1.54, 1.807) is 10.4 Å². The molecule has 0 radical (unpaired) electrons. The van der Waals surface area contributed by atoms with Crippen LogP contribution in [-0.2, 0) is 21.7 Å². The predicted molar refractivity (Wildman–Crippen MR) is 621 cm³/mol. The van der Waals surface area contributed by atoms with Gasteiger partial charge in [-0.3, -0.25) is 0 Å². The third kappa shape index (κ3) is 12.6. The van der Waals surface area contributed by atoms with E-state index in [0.717, 1.165) is 33.1 Å². The van der Waals surface area contributed by atoms with Crippen molar-refractivity contribution < 1.29 is 8.83 Å². The lowest BCUT2D eigenvalue weighted by Crippen LogP contribution is -2.63. The fraction of sp³-hybridized carbons (Fsp3) is 0.113. The maximum absolute atomic E-state index is 7.46. The van der Waals surface area contributed by atoms with Gasteiger partial charge in [-0.05, 0) is 364 Å². The summed E-state index contributed by atoms with van der Waals surface area (Å²) < 4.78 is 14.9. The summed E-state index contributed by atoms with van der Waals surface area (Å²) in [5.41, 5.74) is 58.6. The molecule has 0 bridgehead atoms. The zero-order valence-electron chi connectivity index (χ0n) is 84.2.